The molecule has 2 aliphatic carbocycles. The maximum Gasteiger partial charge on any atom is 0.349 e. The summed E-state index contributed by atoms with van der Waals surface area (Å²) in [5.74, 6) is -0.0977. The molecule has 2 aliphatic rings. The molecule has 0 saturated heterocycles. The van der Waals surface area contributed by atoms with Crippen molar-refractivity contribution in [3.63, 3.8) is 0 Å². The summed E-state index contributed by atoms with van der Waals surface area (Å²) >= 11 is 21.8. The Kier molecular flexibility index (Phi) is 23.1. The van der Waals surface area contributed by atoms with Gasteiger partial charge >= 0.3 is 11.4 Å². The number of sulfonamides is 2. The maximum atomic E-state index is 14.2. The van der Waals surface area contributed by atoms with Gasteiger partial charge in [0.25, 0.3) is 10.0 Å². The van der Waals surface area contributed by atoms with E-state index < -0.39 is 93.0 Å². The molecule has 0 spiro atoms. The van der Waals surface area contributed by atoms with Crippen molar-refractivity contribution in [2.45, 2.75) is 83.6 Å². The molecule has 0 aliphatic heterocycles. The summed E-state index contributed by atoms with van der Waals surface area (Å²) in [7, 11) is -8.11. The number of rotatable bonds is 17. The molecule has 6 aromatic carbocycles. The Bertz CT molecular complexity index is 4130. The van der Waals surface area contributed by atoms with E-state index in [9.17, 15) is 54.6 Å². The van der Waals surface area contributed by atoms with E-state index in [4.69, 9.17) is 45.3 Å². The normalized spacial score (nSPS) is 15.9. The number of benzene rings is 6. The molecule has 2 heterocycles. The topological polar surface area (TPSA) is 269 Å². The highest BCUT2D eigenvalue weighted by Crippen LogP contribution is 2.51. The van der Waals surface area contributed by atoms with E-state index in [1.807, 2.05) is 72.3 Å². The van der Waals surface area contributed by atoms with Crippen LogP contribution in [0, 0.1) is 65.6 Å². The van der Waals surface area contributed by atoms with Gasteiger partial charge in [0.15, 0.2) is 39.1 Å². The molecule has 442 valence electrons. The van der Waals surface area contributed by atoms with Gasteiger partial charge in [-0.2, -0.15) is 15.5 Å². The van der Waals surface area contributed by atoms with Crippen LogP contribution in [0.2, 0.25) is 15.5 Å². The SMILES string of the molecule is CCCSc1nc(Cl)c([N+](=O)[O-])c(Cl)n1.CCCSc1nc(Cl)c([N+](=O)[O-])c(N([C@@H]2C[C@H]2c2ccc(F)c(F)c2)S(=O)(=O)c2ccc3ccccc3c2)n1.N#CP(I)C#N.O=S(=O)(N[C@@H]1C[C@H]1c1ccc(F)c(F)c1)c1ccc2ccccc2c1. The van der Waals surface area contributed by atoms with Crippen molar-refractivity contribution < 1.29 is 44.2 Å². The first-order valence-electron chi connectivity index (χ1n) is 25.0. The summed E-state index contributed by atoms with van der Waals surface area (Å²) in [6, 6.07) is 30.1. The minimum atomic E-state index is -4.45. The second kappa shape index (κ2) is 29.5. The fraction of sp³-hybridized carbons (Fsp3) is 0.222. The third kappa shape index (κ3) is 16.9. The zero-order valence-corrected chi connectivity index (χ0v) is 52.6. The Labute approximate surface area is 522 Å². The number of hydrogen-bond donors (Lipinski definition) is 1. The summed E-state index contributed by atoms with van der Waals surface area (Å²) in [6.07, 6.45) is 2.46. The molecule has 2 saturated carbocycles. The highest BCUT2D eigenvalue weighted by Gasteiger charge is 2.51. The van der Waals surface area contributed by atoms with E-state index in [1.54, 1.807) is 48.0 Å². The van der Waals surface area contributed by atoms with Crippen molar-refractivity contribution in [3.8, 4) is 11.6 Å². The molecule has 0 bridgehead atoms. The smallest absolute Gasteiger partial charge is 0.258 e. The van der Waals surface area contributed by atoms with Crippen molar-refractivity contribution in [1.29, 1.82) is 10.5 Å². The molecule has 4 atom stereocenters. The lowest BCUT2D eigenvalue weighted by Gasteiger charge is -2.24. The standard InChI is InChI=1S/C26H21ClF2N4O4S2.C19H15F2NO2S.C7H7Cl2N3O2S.C2IN2P/c1-2-11-38-26-30-24(27)23(33(34)35)25(31-26)32(22-14-19(22)17-8-10-20(28)21(29)13-17)39(36,37)18-9-7-15-5-3-4-6-16(15)12-18;20-17-8-6-14(10-18(17)21)16-11-19(16)22-25(23,24)15-7-5-12-3-1-2-4-13(12)9-15;1-2-3-15-7-10-5(8)4(12(13)14)6(9)11-7;3-6(1-4)2-5/h3-10,12-13,19,22H,2,11,14H2,1H3;1-10,16,19,22H,11H2;2-3H2,1H3;/t19-,22+;16-,19+;;/m00../s1. The quantitative estimate of drug-likeness (QED) is 0.0130. The van der Waals surface area contributed by atoms with E-state index in [0.29, 0.717) is 33.8 Å². The summed E-state index contributed by atoms with van der Waals surface area (Å²) in [5.41, 5.74) is -1.23. The Balaban J connectivity index is 0.000000191. The van der Waals surface area contributed by atoms with Gasteiger partial charge in [-0.3, -0.25) is 20.2 Å². The van der Waals surface area contributed by atoms with Gasteiger partial charge in [-0.25, -0.2) is 58.4 Å². The molecule has 10 rings (SSSR count). The molecule has 2 fully saturated rings. The van der Waals surface area contributed by atoms with Crippen molar-refractivity contribution >= 4 is 145 Å². The number of aromatic nitrogens is 4. The number of nitrogens with one attached hydrogen (secondary N) is 1. The van der Waals surface area contributed by atoms with E-state index >= 15 is 0 Å². The molecule has 0 unspecified atom stereocenters. The second-order valence-electron chi connectivity index (χ2n) is 18.2. The summed E-state index contributed by atoms with van der Waals surface area (Å²) in [5, 5.41) is 41.2. The number of thioether (sulfide) groups is 2. The van der Waals surface area contributed by atoms with Crippen LogP contribution >= 0.6 is 85.9 Å². The van der Waals surface area contributed by atoms with Crippen LogP contribution in [0.5, 0.6) is 0 Å². The van der Waals surface area contributed by atoms with Gasteiger partial charge in [-0.15, -0.1) is 0 Å². The average molecular weight is 1430 g/mol. The summed E-state index contributed by atoms with van der Waals surface area (Å²) in [4.78, 5) is 37.1. The van der Waals surface area contributed by atoms with Crippen LogP contribution in [0.15, 0.2) is 141 Å². The molecular weight excluding hydrogens is 1390 g/mol. The first-order chi connectivity index (χ1) is 40.4. The molecule has 31 heteroatoms. The van der Waals surface area contributed by atoms with Crippen LogP contribution in [0.4, 0.5) is 34.8 Å². The molecule has 1 N–H and O–H groups in total. The zero-order valence-electron chi connectivity index (χ0n) is 44.0. The number of anilines is 1. The Morgan fingerprint density at radius 1 is 0.635 bits per heavy atom. The Morgan fingerprint density at radius 3 is 1.54 bits per heavy atom. The lowest BCUT2D eigenvalue weighted by atomic mass is 10.1. The number of hydrogen-bond acceptors (Lipinski definition) is 16. The minimum Gasteiger partial charge on any atom is -0.258 e. The minimum absolute atomic E-state index is 0.0891. The highest BCUT2D eigenvalue weighted by atomic mass is 127. The van der Waals surface area contributed by atoms with Crippen LogP contribution in [0.1, 0.15) is 62.5 Å². The number of nitrogens with zero attached hydrogens (tertiary/aromatic N) is 9. The van der Waals surface area contributed by atoms with Crippen molar-refractivity contribution in [2.75, 3.05) is 15.8 Å². The van der Waals surface area contributed by atoms with E-state index in [1.165, 1.54) is 47.8 Å². The molecule has 0 amide bonds. The van der Waals surface area contributed by atoms with Gasteiger partial charge in [-0.05, 0) is 129 Å². The van der Waals surface area contributed by atoms with Gasteiger partial charge in [0.1, 0.15) is 11.6 Å². The van der Waals surface area contributed by atoms with Crippen LogP contribution < -0.4 is 9.03 Å². The van der Waals surface area contributed by atoms with Crippen LogP contribution in [-0.2, 0) is 20.0 Å². The first-order valence-corrected chi connectivity index (χ1v) is 35.1. The summed E-state index contributed by atoms with van der Waals surface area (Å²) in [6.45, 7) is 3.93. The maximum absolute atomic E-state index is 14.2. The molecule has 85 heavy (non-hydrogen) atoms. The van der Waals surface area contributed by atoms with Crippen molar-refractivity contribution in [2.24, 2.45) is 0 Å². The highest BCUT2D eigenvalue weighted by molar-refractivity contribution is 14.2. The van der Waals surface area contributed by atoms with Gasteiger partial charge in [0.2, 0.25) is 31.3 Å². The molecule has 0 radical (unpaired) electrons. The van der Waals surface area contributed by atoms with E-state index in [0.717, 1.165) is 63.3 Å². The Hall–Kier alpha value is -6.11. The molecule has 8 aromatic rings. The van der Waals surface area contributed by atoms with Gasteiger partial charge in [0, 0.05) is 29.4 Å². The number of nitro groups is 2. The largest absolute Gasteiger partial charge is 0.349 e. The second-order valence-corrected chi connectivity index (χ2v) is 28.8. The average Bonchev–Trinajstić information content (AvgIpc) is 2.17. The third-order valence-electron chi connectivity index (χ3n) is 12.4. The monoisotopic (exact) mass is 1430 g/mol. The van der Waals surface area contributed by atoms with Crippen LogP contribution in [0.25, 0.3) is 21.5 Å². The fourth-order valence-corrected chi connectivity index (χ4v) is 13.6. The predicted octanol–water partition coefficient (Wildman–Crippen LogP) is 15.6. The lowest BCUT2D eigenvalue weighted by Crippen LogP contribution is -2.35. The number of fused-ring (bicyclic) bond motifs is 2. The first kappa shape index (κ1) is 66.4. The summed E-state index contributed by atoms with van der Waals surface area (Å²) < 4.78 is 111. The third-order valence-corrected chi connectivity index (χ3v) is 20.2. The van der Waals surface area contributed by atoms with E-state index in [2.05, 4.69) is 24.7 Å². The number of nitriles is 2. The molecule has 2 aromatic heterocycles. The zero-order chi connectivity index (χ0) is 61.9. The predicted molar refractivity (Wildman–Crippen MR) is 329 cm³/mol. The van der Waals surface area contributed by atoms with Crippen LogP contribution in [-0.4, -0.2) is 70.2 Å². The van der Waals surface area contributed by atoms with E-state index in [-0.39, 0.29) is 43.6 Å². The van der Waals surface area contributed by atoms with Crippen molar-refractivity contribution in [3.05, 3.63) is 191 Å². The van der Waals surface area contributed by atoms with Crippen molar-refractivity contribution in [1.82, 2.24) is 24.7 Å². The number of halogens is 8. The van der Waals surface area contributed by atoms with Gasteiger partial charge in [0.05, 0.1) is 25.7 Å². The Morgan fingerprint density at radius 2 is 1.08 bits per heavy atom. The van der Waals surface area contributed by atoms with Gasteiger partial charge < -0.3 is 0 Å². The molecular formula is C54H43Cl3F4IN10O8PS4. The van der Waals surface area contributed by atoms with Crippen LogP contribution in [0.3, 0.4) is 0 Å². The molecule has 18 nitrogen and oxygen atoms in total. The fourth-order valence-electron chi connectivity index (χ4n) is 8.25. The van der Waals surface area contributed by atoms with Gasteiger partial charge in [-0.1, -0.05) is 145 Å². The lowest BCUT2D eigenvalue weighted by molar-refractivity contribution is -0.385.